The predicted octanol–water partition coefficient (Wildman–Crippen LogP) is 2.84. The molecule has 0 unspecified atom stereocenters. The van der Waals surface area contributed by atoms with Gasteiger partial charge in [0.25, 0.3) is 0 Å². The lowest BCUT2D eigenvalue weighted by molar-refractivity contribution is 0.0685. The molecule has 1 aliphatic rings. The maximum Gasteiger partial charge on any atom is 0.104 e. The maximum atomic E-state index is 6.30. The number of nitrogens with zero attached hydrogens (tertiary/aromatic N) is 1. The van der Waals surface area contributed by atoms with Gasteiger partial charge in [-0.15, -0.1) is 0 Å². The van der Waals surface area contributed by atoms with Crippen molar-refractivity contribution in [2.24, 2.45) is 11.7 Å². The number of rotatable bonds is 4. The lowest BCUT2D eigenvalue weighted by Crippen LogP contribution is -2.29. The van der Waals surface area contributed by atoms with E-state index in [9.17, 15) is 0 Å². The van der Waals surface area contributed by atoms with Crippen LogP contribution in [0.1, 0.15) is 18.4 Å². The molecule has 0 spiro atoms. The third-order valence-corrected chi connectivity index (χ3v) is 4.05. The predicted molar refractivity (Wildman–Crippen MR) is 84.2 cm³/mol. The van der Waals surface area contributed by atoms with E-state index in [0.29, 0.717) is 15.9 Å². The molecule has 1 saturated heterocycles. The standard InChI is InChI=1S/C14H19ClN2OS/c1-17(9-10-4-6-18-7-5-10)13-3-2-11(14(16)19)8-12(13)15/h2-3,8,10H,4-7,9H2,1H3,(H2,16,19). The molecule has 1 fully saturated rings. The normalized spacial score (nSPS) is 16.3. The topological polar surface area (TPSA) is 38.5 Å². The summed E-state index contributed by atoms with van der Waals surface area (Å²) in [5.41, 5.74) is 7.43. The van der Waals surface area contributed by atoms with E-state index in [0.717, 1.165) is 43.9 Å². The summed E-state index contributed by atoms with van der Waals surface area (Å²) in [5.74, 6) is 0.671. The number of anilines is 1. The van der Waals surface area contributed by atoms with Crippen LogP contribution in [0.5, 0.6) is 0 Å². The average molecular weight is 299 g/mol. The minimum Gasteiger partial charge on any atom is -0.389 e. The molecule has 0 saturated carbocycles. The molecule has 2 N–H and O–H groups in total. The van der Waals surface area contributed by atoms with Crippen LogP contribution in [-0.4, -0.2) is 31.8 Å². The van der Waals surface area contributed by atoms with Gasteiger partial charge in [0.1, 0.15) is 4.99 Å². The van der Waals surface area contributed by atoms with Crippen LogP contribution in [0.15, 0.2) is 18.2 Å². The van der Waals surface area contributed by atoms with E-state index in [4.69, 9.17) is 34.3 Å². The minimum atomic E-state index is 0.375. The number of halogens is 1. The van der Waals surface area contributed by atoms with Gasteiger partial charge in [-0.2, -0.15) is 0 Å². The highest BCUT2D eigenvalue weighted by molar-refractivity contribution is 7.80. The summed E-state index contributed by atoms with van der Waals surface area (Å²) in [4.78, 5) is 2.57. The number of hydrogen-bond donors (Lipinski definition) is 1. The third kappa shape index (κ3) is 3.81. The quantitative estimate of drug-likeness (QED) is 0.868. The summed E-state index contributed by atoms with van der Waals surface area (Å²) in [7, 11) is 2.07. The van der Waals surface area contributed by atoms with E-state index < -0.39 is 0 Å². The van der Waals surface area contributed by atoms with Crippen molar-refractivity contribution in [1.82, 2.24) is 0 Å². The van der Waals surface area contributed by atoms with Crippen molar-refractivity contribution in [2.75, 3.05) is 31.7 Å². The van der Waals surface area contributed by atoms with Gasteiger partial charge in [-0.25, -0.2) is 0 Å². The molecule has 0 aliphatic carbocycles. The number of nitrogens with two attached hydrogens (primary N) is 1. The number of hydrogen-bond acceptors (Lipinski definition) is 3. The van der Waals surface area contributed by atoms with Crippen LogP contribution >= 0.6 is 23.8 Å². The molecule has 104 valence electrons. The Morgan fingerprint density at radius 1 is 1.47 bits per heavy atom. The third-order valence-electron chi connectivity index (χ3n) is 3.52. The molecular formula is C14H19ClN2OS. The molecule has 19 heavy (non-hydrogen) atoms. The number of ether oxygens (including phenoxy) is 1. The van der Waals surface area contributed by atoms with Gasteiger partial charge in [0.2, 0.25) is 0 Å². The Morgan fingerprint density at radius 3 is 2.74 bits per heavy atom. The smallest absolute Gasteiger partial charge is 0.104 e. The number of thiocarbonyl (C=S) groups is 1. The first-order chi connectivity index (χ1) is 9.08. The van der Waals surface area contributed by atoms with E-state index in [-0.39, 0.29) is 0 Å². The SMILES string of the molecule is CN(CC1CCOCC1)c1ccc(C(N)=S)cc1Cl. The number of benzene rings is 1. The zero-order chi connectivity index (χ0) is 13.8. The van der Waals surface area contributed by atoms with Crippen molar-refractivity contribution < 1.29 is 4.74 Å². The highest BCUT2D eigenvalue weighted by Gasteiger charge is 2.17. The van der Waals surface area contributed by atoms with Crippen LogP contribution in [0, 0.1) is 5.92 Å². The van der Waals surface area contributed by atoms with Crippen molar-refractivity contribution in [2.45, 2.75) is 12.8 Å². The second-order valence-electron chi connectivity index (χ2n) is 4.97. The Kier molecular flexibility index (Phi) is 5.02. The average Bonchev–Trinajstić information content (AvgIpc) is 2.39. The van der Waals surface area contributed by atoms with Gasteiger partial charge >= 0.3 is 0 Å². The Hall–Kier alpha value is -0.840. The fraction of sp³-hybridized carbons (Fsp3) is 0.500. The second kappa shape index (κ2) is 6.55. The molecule has 0 radical (unpaired) electrons. The van der Waals surface area contributed by atoms with Crippen molar-refractivity contribution in [3.63, 3.8) is 0 Å². The van der Waals surface area contributed by atoms with E-state index in [1.807, 2.05) is 18.2 Å². The molecule has 1 aromatic carbocycles. The molecule has 0 bridgehead atoms. The zero-order valence-electron chi connectivity index (χ0n) is 11.1. The largest absolute Gasteiger partial charge is 0.389 e. The zero-order valence-corrected chi connectivity index (χ0v) is 12.6. The lowest BCUT2D eigenvalue weighted by Gasteiger charge is -2.29. The first-order valence-corrected chi connectivity index (χ1v) is 7.25. The van der Waals surface area contributed by atoms with E-state index >= 15 is 0 Å². The highest BCUT2D eigenvalue weighted by atomic mass is 35.5. The molecule has 5 heteroatoms. The van der Waals surface area contributed by atoms with Crippen molar-refractivity contribution in [3.8, 4) is 0 Å². The van der Waals surface area contributed by atoms with Crippen LogP contribution in [0.4, 0.5) is 5.69 Å². The van der Waals surface area contributed by atoms with Gasteiger partial charge in [0.05, 0.1) is 10.7 Å². The van der Waals surface area contributed by atoms with E-state index in [1.54, 1.807) is 0 Å². The summed E-state index contributed by atoms with van der Waals surface area (Å²) in [6, 6.07) is 5.74. The molecular weight excluding hydrogens is 280 g/mol. The Morgan fingerprint density at radius 2 is 2.16 bits per heavy atom. The van der Waals surface area contributed by atoms with E-state index in [1.165, 1.54) is 0 Å². The van der Waals surface area contributed by atoms with Gasteiger partial charge in [0, 0.05) is 32.4 Å². The maximum absolute atomic E-state index is 6.30. The fourth-order valence-corrected chi connectivity index (χ4v) is 2.84. The first kappa shape index (κ1) is 14.6. The van der Waals surface area contributed by atoms with E-state index in [2.05, 4.69) is 11.9 Å². The molecule has 2 rings (SSSR count). The second-order valence-corrected chi connectivity index (χ2v) is 5.81. The molecule has 1 aromatic rings. The van der Waals surface area contributed by atoms with Crippen LogP contribution in [0.3, 0.4) is 0 Å². The van der Waals surface area contributed by atoms with Crippen LogP contribution < -0.4 is 10.6 Å². The van der Waals surface area contributed by atoms with Gasteiger partial charge in [-0.05, 0) is 37.0 Å². The summed E-state index contributed by atoms with van der Waals surface area (Å²) in [5, 5.41) is 0.694. The van der Waals surface area contributed by atoms with Crippen molar-refractivity contribution in [3.05, 3.63) is 28.8 Å². The Balaban J connectivity index is 2.05. The molecule has 3 nitrogen and oxygen atoms in total. The summed E-state index contributed by atoms with van der Waals surface area (Å²) in [6.45, 7) is 2.73. The minimum absolute atomic E-state index is 0.375. The molecule has 0 aromatic heterocycles. The molecule has 0 atom stereocenters. The van der Waals surface area contributed by atoms with Gasteiger partial charge in [-0.1, -0.05) is 23.8 Å². The summed E-state index contributed by atoms with van der Waals surface area (Å²) >= 11 is 11.3. The lowest BCUT2D eigenvalue weighted by atomic mass is 9.99. The monoisotopic (exact) mass is 298 g/mol. The van der Waals surface area contributed by atoms with Gasteiger partial charge in [-0.3, -0.25) is 0 Å². The van der Waals surface area contributed by atoms with Crippen LogP contribution in [0.25, 0.3) is 0 Å². The molecule has 1 aliphatic heterocycles. The van der Waals surface area contributed by atoms with Crippen LogP contribution in [-0.2, 0) is 4.74 Å². The van der Waals surface area contributed by atoms with Gasteiger partial charge < -0.3 is 15.4 Å². The van der Waals surface area contributed by atoms with Crippen molar-refractivity contribution >= 4 is 34.5 Å². The highest BCUT2D eigenvalue weighted by Crippen LogP contribution is 2.28. The fourth-order valence-electron chi connectivity index (χ4n) is 2.38. The van der Waals surface area contributed by atoms with Crippen LogP contribution in [0.2, 0.25) is 5.02 Å². The summed E-state index contributed by atoms with van der Waals surface area (Å²) in [6.07, 6.45) is 2.24. The molecule has 1 heterocycles. The Labute approximate surface area is 124 Å². The summed E-state index contributed by atoms with van der Waals surface area (Å²) < 4.78 is 5.38. The Bertz CT molecular complexity index is 461. The molecule has 0 amide bonds. The van der Waals surface area contributed by atoms with Gasteiger partial charge in [0.15, 0.2) is 0 Å². The van der Waals surface area contributed by atoms with Crippen molar-refractivity contribution in [1.29, 1.82) is 0 Å². The first-order valence-electron chi connectivity index (χ1n) is 6.46.